The molecule has 20 heavy (non-hydrogen) atoms. The topological polar surface area (TPSA) is 38.3 Å². The van der Waals surface area contributed by atoms with Crippen LogP contribution in [0.25, 0.3) is 11.1 Å². The van der Waals surface area contributed by atoms with Gasteiger partial charge in [0.05, 0.1) is 17.2 Å². The van der Waals surface area contributed by atoms with Gasteiger partial charge in [0.15, 0.2) is 0 Å². The number of amides is 1. The number of nitrogens with one attached hydrogen (secondary N) is 1. The Balaban J connectivity index is 2.60. The van der Waals surface area contributed by atoms with Gasteiger partial charge in [-0.3, -0.25) is 4.79 Å². The molecule has 2 aromatic carbocycles. The number of benzene rings is 2. The fourth-order valence-electron chi connectivity index (χ4n) is 1.92. The monoisotopic (exact) mass is 309 g/mol. The van der Waals surface area contributed by atoms with Crippen LogP contribution in [-0.4, -0.2) is 20.1 Å². The lowest BCUT2D eigenvalue weighted by atomic mass is 10.0. The van der Waals surface area contributed by atoms with Crippen LogP contribution in [0.15, 0.2) is 36.4 Å². The third kappa shape index (κ3) is 2.74. The molecule has 0 saturated heterocycles. The first-order valence-electron chi connectivity index (χ1n) is 5.93. The number of hydrogen-bond acceptors (Lipinski definition) is 2. The molecule has 0 aromatic heterocycles. The van der Waals surface area contributed by atoms with Crippen molar-refractivity contribution in [3.8, 4) is 16.9 Å². The molecule has 0 aliphatic heterocycles. The number of carbonyl (C=O) groups is 1. The second-order valence-electron chi connectivity index (χ2n) is 4.10. The molecule has 0 atom stereocenters. The molecule has 3 nitrogen and oxygen atoms in total. The predicted molar refractivity (Wildman–Crippen MR) is 81.8 cm³/mol. The van der Waals surface area contributed by atoms with E-state index < -0.39 is 0 Å². The molecule has 2 aromatic rings. The minimum absolute atomic E-state index is 0.165. The van der Waals surface area contributed by atoms with Crippen LogP contribution in [0.3, 0.4) is 0 Å². The highest BCUT2D eigenvalue weighted by Gasteiger charge is 2.14. The van der Waals surface area contributed by atoms with E-state index in [0.717, 1.165) is 5.56 Å². The van der Waals surface area contributed by atoms with Crippen LogP contribution in [0, 0.1) is 0 Å². The minimum Gasteiger partial charge on any atom is -0.495 e. The van der Waals surface area contributed by atoms with E-state index in [1.54, 1.807) is 44.5 Å². The van der Waals surface area contributed by atoms with Gasteiger partial charge < -0.3 is 10.1 Å². The first-order chi connectivity index (χ1) is 9.58. The molecule has 5 heteroatoms. The lowest BCUT2D eigenvalue weighted by Gasteiger charge is -2.12. The molecule has 0 fully saturated rings. The molecule has 104 valence electrons. The molecule has 0 radical (unpaired) electrons. The smallest absolute Gasteiger partial charge is 0.251 e. The number of hydrogen-bond donors (Lipinski definition) is 1. The predicted octanol–water partition coefficient (Wildman–Crippen LogP) is 4.03. The molecule has 0 heterocycles. The van der Waals surface area contributed by atoms with Gasteiger partial charge in [-0.1, -0.05) is 35.3 Å². The van der Waals surface area contributed by atoms with Crippen molar-refractivity contribution in [2.45, 2.75) is 0 Å². The molecule has 0 aliphatic carbocycles. The summed E-state index contributed by atoms with van der Waals surface area (Å²) in [7, 11) is 3.13. The summed E-state index contributed by atoms with van der Waals surface area (Å²) in [6.07, 6.45) is 0. The van der Waals surface area contributed by atoms with Crippen LogP contribution in [0.5, 0.6) is 5.75 Å². The second-order valence-corrected chi connectivity index (χ2v) is 4.88. The molecule has 2 rings (SSSR count). The standard InChI is InChI=1S/C15H13Cl2NO2/c1-18-15(19)10-5-3-4-9(8-10)13-11(16)6-7-12(20-2)14(13)17/h3-8H,1-2H3,(H,18,19). The van der Waals surface area contributed by atoms with Crippen molar-refractivity contribution >= 4 is 29.1 Å². The Labute approximate surface area is 127 Å². The Morgan fingerprint density at radius 1 is 1.20 bits per heavy atom. The van der Waals surface area contributed by atoms with Gasteiger partial charge in [0, 0.05) is 18.2 Å². The molecule has 0 unspecified atom stereocenters. The number of halogens is 2. The number of methoxy groups -OCH3 is 1. The van der Waals surface area contributed by atoms with E-state index in [0.29, 0.717) is 26.9 Å². The van der Waals surface area contributed by atoms with E-state index >= 15 is 0 Å². The van der Waals surface area contributed by atoms with Crippen LogP contribution >= 0.6 is 23.2 Å². The van der Waals surface area contributed by atoms with Crippen molar-refractivity contribution in [3.63, 3.8) is 0 Å². The summed E-state index contributed by atoms with van der Waals surface area (Å²) in [6, 6.07) is 10.5. The Hall–Kier alpha value is -1.71. The maximum atomic E-state index is 11.7. The molecule has 1 amide bonds. The van der Waals surface area contributed by atoms with E-state index in [-0.39, 0.29) is 5.91 Å². The van der Waals surface area contributed by atoms with Gasteiger partial charge in [0.1, 0.15) is 5.75 Å². The normalized spacial score (nSPS) is 10.2. The molecule has 0 saturated carbocycles. The summed E-state index contributed by atoms with van der Waals surface area (Å²) >= 11 is 12.5. The van der Waals surface area contributed by atoms with E-state index in [1.165, 1.54) is 0 Å². The summed E-state index contributed by atoms with van der Waals surface area (Å²) in [5, 5.41) is 3.51. The number of rotatable bonds is 3. The highest BCUT2D eigenvalue weighted by molar-refractivity contribution is 6.40. The van der Waals surface area contributed by atoms with Gasteiger partial charge in [-0.2, -0.15) is 0 Å². The zero-order chi connectivity index (χ0) is 14.7. The first-order valence-corrected chi connectivity index (χ1v) is 6.68. The maximum Gasteiger partial charge on any atom is 0.251 e. The van der Waals surface area contributed by atoms with Crippen LogP contribution in [0.1, 0.15) is 10.4 Å². The van der Waals surface area contributed by atoms with Gasteiger partial charge in [0.25, 0.3) is 5.91 Å². The maximum absolute atomic E-state index is 11.7. The summed E-state index contributed by atoms with van der Waals surface area (Å²) in [6.45, 7) is 0. The van der Waals surface area contributed by atoms with Crippen molar-refractivity contribution in [2.24, 2.45) is 0 Å². The zero-order valence-electron chi connectivity index (χ0n) is 11.0. The average Bonchev–Trinajstić information content (AvgIpc) is 2.47. The van der Waals surface area contributed by atoms with Gasteiger partial charge >= 0.3 is 0 Å². The zero-order valence-corrected chi connectivity index (χ0v) is 12.5. The van der Waals surface area contributed by atoms with Gasteiger partial charge in [-0.15, -0.1) is 0 Å². The van der Waals surface area contributed by atoms with Gasteiger partial charge in [0.2, 0.25) is 0 Å². The summed E-state index contributed by atoms with van der Waals surface area (Å²) < 4.78 is 5.19. The quantitative estimate of drug-likeness (QED) is 0.929. The first kappa shape index (κ1) is 14.7. The third-order valence-electron chi connectivity index (χ3n) is 2.92. The van der Waals surface area contributed by atoms with Gasteiger partial charge in [-0.25, -0.2) is 0 Å². The molecule has 0 aliphatic rings. The van der Waals surface area contributed by atoms with Gasteiger partial charge in [-0.05, 0) is 29.8 Å². The lowest BCUT2D eigenvalue weighted by molar-refractivity contribution is 0.0963. The van der Waals surface area contributed by atoms with Crippen molar-refractivity contribution < 1.29 is 9.53 Å². The molecular formula is C15H13Cl2NO2. The Bertz CT molecular complexity index is 656. The molecular weight excluding hydrogens is 297 g/mol. The Morgan fingerprint density at radius 3 is 2.60 bits per heavy atom. The van der Waals surface area contributed by atoms with Crippen LogP contribution in [-0.2, 0) is 0 Å². The average molecular weight is 310 g/mol. The van der Waals surface area contributed by atoms with Crippen molar-refractivity contribution in [1.29, 1.82) is 0 Å². The Morgan fingerprint density at radius 2 is 1.95 bits per heavy atom. The fourth-order valence-corrected chi connectivity index (χ4v) is 2.58. The van der Waals surface area contributed by atoms with Crippen LogP contribution in [0.4, 0.5) is 0 Å². The van der Waals surface area contributed by atoms with Crippen LogP contribution < -0.4 is 10.1 Å². The Kier molecular flexibility index (Phi) is 4.53. The van der Waals surface area contributed by atoms with Crippen LogP contribution in [0.2, 0.25) is 10.0 Å². The SMILES string of the molecule is CNC(=O)c1cccc(-c2c(Cl)ccc(OC)c2Cl)c1. The van der Waals surface area contributed by atoms with Crippen molar-refractivity contribution in [2.75, 3.05) is 14.2 Å². The van der Waals surface area contributed by atoms with E-state index in [2.05, 4.69) is 5.32 Å². The molecule has 0 bridgehead atoms. The highest BCUT2D eigenvalue weighted by Crippen LogP contribution is 2.40. The summed E-state index contributed by atoms with van der Waals surface area (Å²) in [4.78, 5) is 11.7. The molecule has 0 spiro atoms. The summed E-state index contributed by atoms with van der Waals surface area (Å²) in [5.41, 5.74) is 1.96. The number of carbonyl (C=O) groups excluding carboxylic acids is 1. The van der Waals surface area contributed by atoms with E-state index in [1.807, 2.05) is 6.07 Å². The van der Waals surface area contributed by atoms with E-state index in [4.69, 9.17) is 27.9 Å². The molecule has 1 N–H and O–H groups in total. The second kappa shape index (κ2) is 6.16. The third-order valence-corrected chi connectivity index (χ3v) is 3.61. The highest BCUT2D eigenvalue weighted by atomic mass is 35.5. The van der Waals surface area contributed by atoms with Crippen molar-refractivity contribution in [3.05, 3.63) is 52.0 Å². The minimum atomic E-state index is -0.165. The van der Waals surface area contributed by atoms with Crippen molar-refractivity contribution in [1.82, 2.24) is 5.32 Å². The lowest BCUT2D eigenvalue weighted by Crippen LogP contribution is -2.17. The summed E-state index contributed by atoms with van der Waals surface area (Å²) in [5.74, 6) is 0.374. The number of ether oxygens (including phenoxy) is 1. The van der Waals surface area contributed by atoms with E-state index in [9.17, 15) is 4.79 Å². The largest absolute Gasteiger partial charge is 0.495 e. The fraction of sp³-hybridized carbons (Fsp3) is 0.133.